The first kappa shape index (κ1) is 16.5. The molecule has 6 heteroatoms. The predicted molar refractivity (Wildman–Crippen MR) is 96.1 cm³/mol. The molecular weight excluding hydrogens is 302 g/mol. The van der Waals surface area contributed by atoms with Crippen LogP contribution in [0.5, 0.6) is 0 Å². The van der Waals surface area contributed by atoms with Gasteiger partial charge >= 0.3 is 0 Å². The highest BCUT2D eigenvalue weighted by Gasteiger charge is 2.37. The van der Waals surface area contributed by atoms with Crippen LogP contribution in [0.4, 0.5) is 17.1 Å². The van der Waals surface area contributed by atoms with Crippen molar-refractivity contribution >= 4 is 23.0 Å². The second kappa shape index (κ2) is 6.65. The summed E-state index contributed by atoms with van der Waals surface area (Å²) < 4.78 is 1.74. The molecule has 2 atom stereocenters. The summed E-state index contributed by atoms with van der Waals surface area (Å²) in [6.45, 7) is 1.98. The minimum atomic E-state index is -0.423. The van der Waals surface area contributed by atoms with Gasteiger partial charge in [-0.05, 0) is 38.0 Å². The zero-order valence-electron chi connectivity index (χ0n) is 14.2. The number of hydrogen-bond acceptors (Lipinski definition) is 4. The standard InChI is InChI=1S/C18H25N5O/c1-18(19)9-4-3-8-16(18)17(24)22-14-7-5-6-13(10-14)21-15-11-20-23(2)12-15/h5-7,10-12,16,21H,3-4,8-9,19H2,1-2H3,(H,22,24). The molecule has 2 unspecified atom stereocenters. The maximum absolute atomic E-state index is 12.6. The van der Waals surface area contributed by atoms with Gasteiger partial charge in [0, 0.05) is 30.2 Å². The molecule has 3 rings (SSSR count). The Labute approximate surface area is 142 Å². The molecule has 4 N–H and O–H groups in total. The van der Waals surface area contributed by atoms with Gasteiger partial charge in [-0.25, -0.2) is 0 Å². The van der Waals surface area contributed by atoms with Crippen LogP contribution in [0.3, 0.4) is 0 Å². The molecule has 1 amide bonds. The van der Waals surface area contributed by atoms with Gasteiger partial charge in [-0.3, -0.25) is 9.48 Å². The largest absolute Gasteiger partial charge is 0.353 e. The molecular formula is C18H25N5O. The third-order valence-electron chi connectivity index (χ3n) is 4.69. The van der Waals surface area contributed by atoms with E-state index in [-0.39, 0.29) is 11.8 Å². The van der Waals surface area contributed by atoms with Gasteiger partial charge in [0.2, 0.25) is 5.91 Å². The van der Waals surface area contributed by atoms with Crippen molar-refractivity contribution in [1.29, 1.82) is 0 Å². The topological polar surface area (TPSA) is 85.0 Å². The van der Waals surface area contributed by atoms with E-state index in [0.29, 0.717) is 0 Å². The summed E-state index contributed by atoms with van der Waals surface area (Å²) in [5.41, 5.74) is 8.49. The Kier molecular flexibility index (Phi) is 4.57. The van der Waals surface area contributed by atoms with Crippen LogP contribution in [0.2, 0.25) is 0 Å². The van der Waals surface area contributed by atoms with Gasteiger partial charge in [-0.15, -0.1) is 0 Å². The Morgan fingerprint density at radius 2 is 2.12 bits per heavy atom. The summed E-state index contributed by atoms with van der Waals surface area (Å²) >= 11 is 0. The second-order valence-electron chi connectivity index (χ2n) is 6.90. The molecule has 24 heavy (non-hydrogen) atoms. The molecule has 6 nitrogen and oxygen atoms in total. The maximum atomic E-state index is 12.6. The maximum Gasteiger partial charge on any atom is 0.229 e. The quantitative estimate of drug-likeness (QED) is 0.806. The van der Waals surface area contributed by atoms with E-state index in [4.69, 9.17) is 5.73 Å². The number of hydrogen-bond donors (Lipinski definition) is 3. The van der Waals surface area contributed by atoms with Gasteiger partial charge < -0.3 is 16.4 Å². The molecule has 1 aromatic heterocycles. The van der Waals surface area contributed by atoms with Crippen molar-refractivity contribution < 1.29 is 4.79 Å². The van der Waals surface area contributed by atoms with Crippen molar-refractivity contribution in [1.82, 2.24) is 9.78 Å². The van der Waals surface area contributed by atoms with Gasteiger partial charge in [-0.1, -0.05) is 18.9 Å². The number of aryl methyl sites for hydroxylation is 1. The third-order valence-corrected chi connectivity index (χ3v) is 4.69. The van der Waals surface area contributed by atoms with Crippen molar-refractivity contribution in [3.05, 3.63) is 36.7 Å². The van der Waals surface area contributed by atoms with Crippen LogP contribution in [0.1, 0.15) is 32.6 Å². The van der Waals surface area contributed by atoms with Gasteiger partial charge in [0.25, 0.3) is 0 Å². The molecule has 0 saturated heterocycles. The Morgan fingerprint density at radius 1 is 1.33 bits per heavy atom. The van der Waals surface area contributed by atoms with Crippen LogP contribution in [0.25, 0.3) is 0 Å². The summed E-state index contributed by atoms with van der Waals surface area (Å²) in [5, 5.41) is 10.4. The molecule has 1 heterocycles. The summed E-state index contributed by atoms with van der Waals surface area (Å²) in [4.78, 5) is 12.6. The van der Waals surface area contributed by atoms with Crippen molar-refractivity contribution in [2.45, 2.75) is 38.1 Å². The molecule has 1 aliphatic rings. The number of rotatable bonds is 4. The fourth-order valence-corrected chi connectivity index (χ4v) is 3.35. The molecule has 128 valence electrons. The SMILES string of the molecule is Cn1cc(Nc2cccc(NC(=O)C3CCCCC3(C)N)c2)cn1. The zero-order valence-corrected chi connectivity index (χ0v) is 14.2. The average molecular weight is 327 g/mol. The van der Waals surface area contributed by atoms with E-state index in [9.17, 15) is 4.79 Å². The number of aromatic nitrogens is 2. The van der Waals surface area contributed by atoms with Crippen molar-refractivity contribution in [3.8, 4) is 0 Å². The van der Waals surface area contributed by atoms with E-state index >= 15 is 0 Å². The van der Waals surface area contributed by atoms with Crippen molar-refractivity contribution in [2.24, 2.45) is 18.7 Å². The molecule has 0 aliphatic heterocycles. The van der Waals surface area contributed by atoms with E-state index in [0.717, 1.165) is 42.7 Å². The lowest BCUT2D eigenvalue weighted by Crippen LogP contribution is -2.51. The average Bonchev–Trinajstić information content (AvgIpc) is 2.92. The first-order chi connectivity index (χ1) is 11.4. The molecule has 1 aliphatic carbocycles. The van der Waals surface area contributed by atoms with Crippen LogP contribution in [0, 0.1) is 5.92 Å². The molecule has 0 spiro atoms. The van der Waals surface area contributed by atoms with Crippen LogP contribution >= 0.6 is 0 Å². The van der Waals surface area contributed by atoms with Gasteiger partial charge in [-0.2, -0.15) is 5.10 Å². The molecule has 1 aromatic carbocycles. The molecule has 0 bridgehead atoms. The lowest BCUT2D eigenvalue weighted by Gasteiger charge is -2.37. The van der Waals surface area contributed by atoms with Gasteiger partial charge in [0.1, 0.15) is 0 Å². The highest BCUT2D eigenvalue weighted by atomic mass is 16.1. The number of nitrogens with two attached hydrogens (primary N) is 1. The molecule has 1 fully saturated rings. The number of carbonyl (C=O) groups excluding carboxylic acids is 1. The number of amides is 1. The fourth-order valence-electron chi connectivity index (χ4n) is 3.35. The van der Waals surface area contributed by atoms with Crippen LogP contribution in [-0.2, 0) is 11.8 Å². The third kappa shape index (κ3) is 3.76. The minimum absolute atomic E-state index is 0.0122. The fraction of sp³-hybridized carbons (Fsp3) is 0.444. The predicted octanol–water partition coefficient (Wildman–Crippen LogP) is 3.01. The molecule has 1 saturated carbocycles. The lowest BCUT2D eigenvalue weighted by atomic mass is 9.74. The number of carbonyl (C=O) groups is 1. The summed E-state index contributed by atoms with van der Waals surface area (Å²) in [7, 11) is 1.87. The van der Waals surface area contributed by atoms with Crippen LogP contribution < -0.4 is 16.4 Å². The van der Waals surface area contributed by atoms with Crippen molar-refractivity contribution in [3.63, 3.8) is 0 Å². The van der Waals surface area contributed by atoms with Crippen LogP contribution in [0.15, 0.2) is 36.7 Å². The van der Waals surface area contributed by atoms with E-state index in [1.54, 1.807) is 10.9 Å². The summed E-state index contributed by atoms with van der Waals surface area (Å²) in [5.74, 6) is -0.126. The summed E-state index contributed by atoms with van der Waals surface area (Å²) in [6, 6.07) is 7.68. The highest BCUT2D eigenvalue weighted by molar-refractivity contribution is 5.94. The Morgan fingerprint density at radius 3 is 2.83 bits per heavy atom. The number of nitrogens with one attached hydrogen (secondary N) is 2. The highest BCUT2D eigenvalue weighted by Crippen LogP contribution is 2.32. The summed E-state index contributed by atoms with van der Waals surface area (Å²) in [6.07, 6.45) is 7.56. The van der Waals surface area contributed by atoms with E-state index < -0.39 is 5.54 Å². The van der Waals surface area contributed by atoms with E-state index in [2.05, 4.69) is 15.7 Å². The van der Waals surface area contributed by atoms with Crippen LogP contribution in [-0.4, -0.2) is 21.2 Å². The number of anilines is 3. The number of nitrogens with zero attached hydrogens (tertiary/aromatic N) is 2. The van der Waals surface area contributed by atoms with Gasteiger partial charge in [0.15, 0.2) is 0 Å². The Balaban J connectivity index is 1.69. The number of benzene rings is 1. The zero-order chi connectivity index (χ0) is 17.2. The van der Waals surface area contributed by atoms with Crippen molar-refractivity contribution in [2.75, 3.05) is 10.6 Å². The Hall–Kier alpha value is -2.34. The second-order valence-corrected chi connectivity index (χ2v) is 6.90. The van der Waals surface area contributed by atoms with E-state index in [1.165, 1.54) is 0 Å². The monoisotopic (exact) mass is 327 g/mol. The first-order valence-corrected chi connectivity index (χ1v) is 8.39. The molecule has 0 radical (unpaired) electrons. The minimum Gasteiger partial charge on any atom is -0.353 e. The lowest BCUT2D eigenvalue weighted by molar-refractivity contribution is -0.122. The van der Waals surface area contributed by atoms with E-state index in [1.807, 2.05) is 44.4 Å². The van der Waals surface area contributed by atoms with Gasteiger partial charge in [0.05, 0.1) is 17.8 Å². The first-order valence-electron chi connectivity index (χ1n) is 8.39. The normalized spacial score (nSPS) is 23.7. The molecule has 2 aromatic rings. The Bertz CT molecular complexity index is 722. The smallest absolute Gasteiger partial charge is 0.229 e.